The monoisotopic (exact) mass is 335 g/mol. The molecule has 126 valence electrons. The van der Waals surface area contributed by atoms with Gasteiger partial charge in [-0.15, -0.1) is 0 Å². The quantitative estimate of drug-likeness (QED) is 0.747. The summed E-state index contributed by atoms with van der Waals surface area (Å²) in [6, 6.07) is 9.73. The summed E-state index contributed by atoms with van der Waals surface area (Å²) in [5.41, 5.74) is 16.4. The molecular formula is C18H17N5O2. The number of nitrogens with two attached hydrogens (primary N) is 2. The van der Waals surface area contributed by atoms with E-state index in [4.69, 9.17) is 16.2 Å². The first-order valence-corrected chi connectivity index (χ1v) is 7.92. The maximum absolute atomic E-state index is 11.5. The van der Waals surface area contributed by atoms with Crippen LogP contribution in [0.2, 0.25) is 0 Å². The van der Waals surface area contributed by atoms with Gasteiger partial charge in [0.1, 0.15) is 0 Å². The summed E-state index contributed by atoms with van der Waals surface area (Å²) in [4.78, 5) is 20.0. The molecule has 4 rings (SSSR count). The summed E-state index contributed by atoms with van der Waals surface area (Å²) in [6.45, 7) is 0. The Morgan fingerprint density at radius 1 is 1.20 bits per heavy atom. The van der Waals surface area contributed by atoms with E-state index in [-0.39, 0.29) is 5.95 Å². The number of carbonyl (C=O) groups is 1. The minimum absolute atomic E-state index is 0.214. The van der Waals surface area contributed by atoms with Gasteiger partial charge in [-0.3, -0.25) is 0 Å². The zero-order valence-corrected chi connectivity index (χ0v) is 13.7. The van der Waals surface area contributed by atoms with Crippen molar-refractivity contribution in [3.05, 3.63) is 47.7 Å². The van der Waals surface area contributed by atoms with Crippen LogP contribution in [0.1, 0.15) is 11.1 Å². The molecule has 1 aliphatic rings. The number of aryl methyl sites for hydroxylation is 1. The average Bonchev–Trinajstić information content (AvgIpc) is 2.87. The topological polar surface area (TPSA) is 109 Å². The van der Waals surface area contributed by atoms with E-state index in [9.17, 15) is 4.79 Å². The second-order valence-corrected chi connectivity index (χ2v) is 5.95. The van der Waals surface area contributed by atoms with Crippen molar-refractivity contribution in [3.8, 4) is 28.4 Å². The maximum Gasteiger partial charge on any atom is 0.410 e. The highest BCUT2D eigenvalue weighted by Crippen LogP contribution is 2.45. The van der Waals surface area contributed by atoms with Gasteiger partial charge in [0, 0.05) is 24.4 Å². The Morgan fingerprint density at radius 3 is 2.68 bits per heavy atom. The highest BCUT2D eigenvalue weighted by atomic mass is 16.5. The largest absolute Gasteiger partial charge is 0.410 e. The minimum Gasteiger partial charge on any atom is -0.408 e. The summed E-state index contributed by atoms with van der Waals surface area (Å²) in [5.74, 6) is 0.700. The number of amides is 1. The molecule has 7 heteroatoms. The van der Waals surface area contributed by atoms with Crippen LogP contribution in [-0.4, -0.2) is 20.6 Å². The van der Waals surface area contributed by atoms with E-state index in [1.165, 1.54) is 0 Å². The van der Waals surface area contributed by atoms with Crippen LogP contribution in [0.4, 0.5) is 10.7 Å². The van der Waals surface area contributed by atoms with E-state index in [0.29, 0.717) is 12.2 Å². The van der Waals surface area contributed by atoms with Gasteiger partial charge in [0.2, 0.25) is 5.95 Å². The zero-order chi connectivity index (χ0) is 17.6. The van der Waals surface area contributed by atoms with E-state index in [0.717, 1.165) is 40.2 Å². The second-order valence-electron chi connectivity index (χ2n) is 5.95. The third-order valence-electron chi connectivity index (χ3n) is 4.45. The van der Waals surface area contributed by atoms with Crippen LogP contribution in [0.15, 0.2) is 36.5 Å². The minimum atomic E-state index is -0.835. The third kappa shape index (κ3) is 2.40. The van der Waals surface area contributed by atoms with E-state index < -0.39 is 6.09 Å². The lowest BCUT2D eigenvalue weighted by atomic mass is 9.94. The summed E-state index contributed by atoms with van der Waals surface area (Å²) in [7, 11) is 1.92. The SMILES string of the molecule is Cn1c2c(c(OC(N)=O)c1-c1ccccc1)CCc1cnc(N)nc1-2. The van der Waals surface area contributed by atoms with Gasteiger partial charge in [0.15, 0.2) is 5.75 Å². The smallest absolute Gasteiger partial charge is 0.408 e. The van der Waals surface area contributed by atoms with Crippen LogP contribution < -0.4 is 16.2 Å². The fraction of sp³-hybridized carbons (Fsp3) is 0.167. The lowest BCUT2D eigenvalue weighted by Crippen LogP contribution is -2.17. The number of primary amides is 1. The number of hydrogen-bond acceptors (Lipinski definition) is 5. The van der Waals surface area contributed by atoms with Gasteiger partial charge < -0.3 is 20.8 Å². The Morgan fingerprint density at radius 2 is 1.96 bits per heavy atom. The molecular weight excluding hydrogens is 318 g/mol. The number of nitrogen functional groups attached to an aromatic ring is 1. The highest BCUT2D eigenvalue weighted by molar-refractivity contribution is 5.84. The number of rotatable bonds is 2. The van der Waals surface area contributed by atoms with Gasteiger partial charge in [-0.2, -0.15) is 0 Å². The molecule has 1 aliphatic carbocycles. The molecule has 0 radical (unpaired) electrons. The number of hydrogen-bond donors (Lipinski definition) is 2. The first-order valence-electron chi connectivity index (χ1n) is 7.92. The van der Waals surface area contributed by atoms with Crippen LogP contribution in [0.5, 0.6) is 5.75 Å². The van der Waals surface area contributed by atoms with Crippen molar-refractivity contribution in [2.24, 2.45) is 12.8 Å². The van der Waals surface area contributed by atoms with Crippen molar-refractivity contribution in [2.75, 3.05) is 5.73 Å². The zero-order valence-electron chi connectivity index (χ0n) is 13.7. The van der Waals surface area contributed by atoms with Gasteiger partial charge in [-0.25, -0.2) is 14.8 Å². The van der Waals surface area contributed by atoms with Crippen molar-refractivity contribution in [2.45, 2.75) is 12.8 Å². The van der Waals surface area contributed by atoms with E-state index in [1.807, 2.05) is 41.9 Å². The number of carbonyl (C=O) groups excluding carboxylic acids is 1. The molecule has 0 saturated carbocycles. The van der Waals surface area contributed by atoms with Crippen LogP contribution in [0.3, 0.4) is 0 Å². The fourth-order valence-corrected chi connectivity index (χ4v) is 3.45. The molecule has 1 aromatic carbocycles. The van der Waals surface area contributed by atoms with Gasteiger partial charge in [0.05, 0.1) is 17.1 Å². The molecule has 2 heterocycles. The summed E-state index contributed by atoms with van der Waals surface area (Å²) < 4.78 is 7.39. The number of aromatic nitrogens is 3. The summed E-state index contributed by atoms with van der Waals surface area (Å²) in [5, 5.41) is 0. The molecule has 4 N–H and O–H groups in total. The molecule has 0 aliphatic heterocycles. The lowest BCUT2D eigenvalue weighted by molar-refractivity contribution is 0.210. The summed E-state index contributed by atoms with van der Waals surface area (Å²) in [6.07, 6.45) is 2.37. The van der Waals surface area contributed by atoms with Crippen molar-refractivity contribution >= 4 is 12.0 Å². The van der Waals surface area contributed by atoms with Crippen molar-refractivity contribution in [1.82, 2.24) is 14.5 Å². The van der Waals surface area contributed by atoms with Gasteiger partial charge in [-0.05, 0) is 18.4 Å². The molecule has 0 bridgehead atoms. The van der Waals surface area contributed by atoms with Crippen LogP contribution >= 0.6 is 0 Å². The lowest BCUT2D eigenvalue weighted by Gasteiger charge is -2.17. The standard InChI is InChI=1S/C18H17N5O2/c1-23-14(10-5-3-2-4-6-10)16(25-18(20)24)12-8-7-11-9-21-17(19)22-13(11)15(12)23/h2-6,9H,7-8H2,1H3,(H2,20,24)(H2,19,21,22). The van der Waals surface area contributed by atoms with E-state index >= 15 is 0 Å². The van der Waals surface area contributed by atoms with Gasteiger partial charge in [-0.1, -0.05) is 30.3 Å². The molecule has 7 nitrogen and oxygen atoms in total. The van der Waals surface area contributed by atoms with Crippen LogP contribution in [-0.2, 0) is 19.9 Å². The molecule has 0 fully saturated rings. The average molecular weight is 335 g/mol. The van der Waals surface area contributed by atoms with Gasteiger partial charge in [0.25, 0.3) is 0 Å². The number of fused-ring (bicyclic) bond motifs is 3. The van der Waals surface area contributed by atoms with Crippen molar-refractivity contribution in [3.63, 3.8) is 0 Å². The molecule has 1 amide bonds. The Labute approximate surface area is 144 Å². The number of ether oxygens (including phenoxy) is 1. The molecule has 0 unspecified atom stereocenters. The first kappa shape index (κ1) is 15.2. The van der Waals surface area contributed by atoms with Crippen LogP contribution in [0.25, 0.3) is 22.6 Å². The van der Waals surface area contributed by atoms with Crippen molar-refractivity contribution in [1.29, 1.82) is 0 Å². The molecule has 0 spiro atoms. The Balaban J connectivity index is 2.03. The second kappa shape index (κ2) is 5.62. The maximum atomic E-state index is 11.5. The molecule has 2 aromatic heterocycles. The van der Waals surface area contributed by atoms with Crippen molar-refractivity contribution < 1.29 is 9.53 Å². The number of nitrogens with zero attached hydrogens (tertiary/aromatic N) is 3. The van der Waals surface area contributed by atoms with E-state index in [1.54, 1.807) is 6.20 Å². The Hall–Kier alpha value is -3.35. The normalized spacial score (nSPS) is 12.4. The predicted octanol–water partition coefficient (Wildman–Crippen LogP) is 2.29. The Bertz CT molecular complexity index is 979. The molecule has 0 atom stereocenters. The summed E-state index contributed by atoms with van der Waals surface area (Å²) >= 11 is 0. The molecule has 3 aromatic rings. The van der Waals surface area contributed by atoms with Crippen LogP contribution in [0, 0.1) is 0 Å². The third-order valence-corrected chi connectivity index (χ3v) is 4.45. The molecule has 25 heavy (non-hydrogen) atoms. The predicted molar refractivity (Wildman–Crippen MR) is 93.9 cm³/mol. The fourth-order valence-electron chi connectivity index (χ4n) is 3.45. The van der Waals surface area contributed by atoms with E-state index in [2.05, 4.69) is 9.97 Å². The highest BCUT2D eigenvalue weighted by Gasteiger charge is 2.30. The number of benzene rings is 1. The first-order chi connectivity index (χ1) is 12.1. The number of anilines is 1. The Kier molecular flexibility index (Phi) is 3.42. The molecule has 0 saturated heterocycles. The van der Waals surface area contributed by atoms with Gasteiger partial charge >= 0.3 is 6.09 Å².